The lowest BCUT2D eigenvalue weighted by atomic mass is 10.1. The maximum absolute atomic E-state index is 5.78. The van der Waals surface area contributed by atoms with Crippen LogP contribution in [0.2, 0.25) is 0 Å². The van der Waals surface area contributed by atoms with Crippen molar-refractivity contribution in [3.63, 3.8) is 0 Å². The first-order valence-corrected chi connectivity index (χ1v) is 10.6. The quantitative estimate of drug-likeness (QED) is 0.395. The molecule has 0 saturated carbocycles. The highest BCUT2D eigenvalue weighted by molar-refractivity contribution is 5.79. The van der Waals surface area contributed by atoms with Crippen molar-refractivity contribution < 1.29 is 9.47 Å². The van der Waals surface area contributed by atoms with Gasteiger partial charge in [-0.25, -0.2) is 4.98 Å². The van der Waals surface area contributed by atoms with Crippen LogP contribution in [-0.4, -0.2) is 57.4 Å². The summed E-state index contributed by atoms with van der Waals surface area (Å²) >= 11 is 0. The number of aryl methyl sites for hydroxylation is 1. The van der Waals surface area contributed by atoms with Crippen LogP contribution in [-0.2, 0) is 0 Å². The molecule has 1 aliphatic heterocycles. The molecule has 0 radical (unpaired) electrons. The molecule has 1 fully saturated rings. The van der Waals surface area contributed by atoms with Crippen molar-refractivity contribution in [2.75, 3.05) is 45.3 Å². The number of pyridine rings is 1. The second kappa shape index (κ2) is 11.3. The number of piperidine rings is 1. The highest BCUT2D eigenvalue weighted by atomic mass is 16.5. The fourth-order valence-electron chi connectivity index (χ4n) is 3.45. The van der Waals surface area contributed by atoms with E-state index >= 15 is 0 Å². The van der Waals surface area contributed by atoms with E-state index in [1.54, 1.807) is 7.11 Å². The average Bonchev–Trinajstić information content (AvgIpc) is 2.79. The lowest BCUT2D eigenvalue weighted by Crippen LogP contribution is -2.49. The minimum atomic E-state index is 0.422. The Morgan fingerprint density at radius 3 is 2.70 bits per heavy atom. The summed E-state index contributed by atoms with van der Waals surface area (Å²) in [5.74, 6) is 3.55. The number of aromatic nitrogens is 1. The van der Waals surface area contributed by atoms with E-state index in [2.05, 4.69) is 44.6 Å². The summed E-state index contributed by atoms with van der Waals surface area (Å²) in [4.78, 5) is 11.3. The van der Waals surface area contributed by atoms with E-state index in [1.165, 1.54) is 5.56 Å². The van der Waals surface area contributed by atoms with Crippen LogP contribution < -0.4 is 25.0 Å². The number of benzene rings is 1. The molecule has 7 heteroatoms. The topological polar surface area (TPSA) is 71.0 Å². The highest BCUT2D eigenvalue weighted by Crippen LogP contribution is 2.19. The van der Waals surface area contributed by atoms with Gasteiger partial charge in [-0.15, -0.1) is 0 Å². The average molecular weight is 412 g/mol. The maximum Gasteiger partial charge on any atom is 0.191 e. The Hall–Kier alpha value is -2.96. The molecule has 0 spiro atoms. The van der Waals surface area contributed by atoms with Crippen molar-refractivity contribution in [1.29, 1.82) is 0 Å². The minimum Gasteiger partial charge on any atom is -0.497 e. The number of hydrogen-bond acceptors (Lipinski definition) is 5. The van der Waals surface area contributed by atoms with Crippen LogP contribution in [0, 0.1) is 6.92 Å². The maximum atomic E-state index is 5.78. The summed E-state index contributed by atoms with van der Waals surface area (Å²) in [7, 11) is 3.47. The number of methoxy groups -OCH3 is 1. The number of hydrogen-bond donors (Lipinski definition) is 2. The van der Waals surface area contributed by atoms with Gasteiger partial charge in [-0.2, -0.15) is 0 Å². The number of aliphatic imine (C=N–C) groups is 1. The second-order valence-electron chi connectivity index (χ2n) is 7.48. The summed E-state index contributed by atoms with van der Waals surface area (Å²) < 4.78 is 11.0. The van der Waals surface area contributed by atoms with Crippen LogP contribution in [0.25, 0.3) is 0 Å². The second-order valence-corrected chi connectivity index (χ2v) is 7.48. The van der Waals surface area contributed by atoms with E-state index in [0.717, 1.165) is 62.2 Å². The Kier molecular flexibility index (Phi) is 8.18. The third-order valence-corrected chi connectivity index (χ3v) is 5.20. The van der Waals surface area contributed by atoms with Crippen molar-refractivity contribution in [3.8, 4) is 11.5 Å². The molecule has 1 saturated heterocycles. The van der Waals surface area contributed by atoms with Gasteiger partial charge in [0.05, 0.1) is 13.7 Å². The van der Waals surface area contributed by atoms with E-state index in [9.17, 15) is 0 Å². The molecule has 7 nitrogen and oxygen atoms in total. The van der Waals surface area contributed by atoms with E-state index in [-0.39, 0.29) is 0 Å². The van der Waals surface area contributed by atoms with Gasteiger partial charge in [0, 0.05) is 45.0 Å². The Morgan fingerprint density at radius 2 is 2.00 bits per heavy atom. The summed E-state index contributed by atoms with van der Waals surface area (Å²) in [6.07, 6.45) is 4.95. The highest BCUT2D eigenvalue weighted by Gasteiger charge is 2.20. The normalized spacial score (nSPS) is 15.0. The zero-order valence-electron chi connectivity index (χ0n) is 18.2. The largest absolute Gasteiger partial charge is 0.497 e. The summed E-state index contributed by atoms with van der Waals surface area (Å²) in [5.41, 5.74) is 1.19. The van der Waals surface area contributed by atoms with Gasteiger partial charge in [0.15, 0.2) is 5.96 Å². The first kappa shape index (κ1) is 21.7. The van der Waals surface area contributed by atoms with Crippen molar-refractivity contribution >= 4 is 11.8 Å². The molecule has 0 amide bonds. The number of nitrogens with zero attached hydrogens (tertiary/aromatic N) is 3. The predicted molar refractivity (Wildman–Crippen MR) is 122 cm³/mol. The molecule has 2 aromatic rings. The van der Waals surface area contributed by atoms with Crippen molar-refractivity contribution in [1.82, 2.24) is 15.6 Å². The van der Waals surface area contributed by atoms with Crippen LogP contribution in [0.5, 0.6) is 11.5 Å². The van der Waals surface area contributed by atoms with Crippen molar-refractivity contribution in [3.05, 3.63) is 48.2 Å². The first-order valence-electron chi connectivity index (χ1n) is 10.6. The molecule has 2 heterocycles. The number of anilines is 1. The van der Waals surface area contributed by atoms with Crippen molar-refractivity contribution in [2.24, 2.45) is 4.99 Å². The molecular formula is C23H33N5O2. The molecule has 1 aromatic carbocycles. The zero-order valence-corrected chi connectivity index (χ0v) is 18.2. The molecule has 2 N–H and O–H groups in total. The van der Waals surface area contributed by atoms with E-state index in [1.807, 2.05) is 37.5 Å². The molecule has 3 rings (SSSR count). The van der Waals surface area contributed by atoms with Gasteiger partial charge >= 0.3 is 0 Å². The lowest BCUT2D eigenvalue weighted by molar-refractivity contribution is 0.308. The molecular weight excluding hydrogens is 378 g/mol. The first-order chi connectivity index (χ1) is 14.7. The van der Waals surface area contributed by atoms with Crippen molar-refractivity contribution in [2.45, 2.75) is 32.2 Å². The Morgan fingerprint density at radius 1 is 1.20 bits per heavy atom. The van der Waals surface area contributed by atoms with Gasteiger partial charge in [-0.3, -0.25) is 4.99 Å². The third-order valence-electron chi connectivity index (χ3n) is 5.20. The number of nitrogens with one attached hydrogen (secondary N) is 2. The molecule has 0 aliphatic carbocycles. The van der Waals surface area contributed by atoms with Gasteiger partial charge in [-0.05, 0) is 49.9 Å². The fraction of sp³-hybridized carbons (Fsp3) is 0.478. The Labute approximate surface area is 179 Å². The third kappa shape index (κ3) is 6.54. The standard InChI is InChI=1S/C23H33N5O2/c1-18-8-9-22(26-17-18)28-13-10-19(11-14-28)27-23(24-2)25-12-5-15-30-21-7-4-6-20(16-21)29-3/h4,6-9,16-17,19H,5,10-15H2,1-3H3,(H2,24,25,27). The van der Waals surface area contributed by atoms with Crippen LogP contribution in [0.4, 0.5) is 5.82 Å². The van der Waals surface area contributed by atoms with Crippen LogP contribution in [0.3, 0.4) is 0 Å². The van der Waals surface area contributed by atoms with Gasteiger partial charge in [0.2, 0.25) is 0 Å². The Balaban J connectivity index is 1.33. The molecule has 1 aliphatic rings. The fourth-order valence-corrected chi connectivity index (χ4v) is 3.45. The van der Waals surface area contributed by atoms with Gasteiger partial charge in [0.25, 0.3) is 0 Å². The van der Waals surface area contributed by atoms with Gasteiger partial charge in [0.1, 0.15) is 17.3 Å². The van der Waals surface area contributed by atoms with Gasteiger partial charge in [-0.1, -0.05) is 12.1 Å². The lowest BCUT2D eigenvalue weighted by Gasteiger charge is -2.33. The summed E-state index contributed by atoms with van der Waals surface area (Å²) in [5, 5.41) is 6.93. The summed E-state index contributed by atoms with van der Waals surface area (Å²) in [6, 6.07) is 12.3. The minimum absolute atomic E-state index is 0.422. The molecule has 0 atom stereocenters. The number of guanidine groups is 1. The summed E-state index contributed by atoms with van der Waals surface area (Å²) in [6.45, 7) is 5.50. The SMILES string of the molecule is CN=C(NCCCOc1cccc(OC)c1)NC1CCN(c2ccc(C)cn2)CC1. The van der Waals surface area contributed by atoms with Crippen LogP contribution in [0.1, 0.15) is 24.8 Å². The monoisotopic (exact) mass is 411 g/mol. The van der Waals surface area contributed by atoms with E-state index in [0.29, 0.717) is 12.6 Å². The van der Waals surface area contributed by atoms with Crippen LogP contribution >= 0.6 is 0 Å². The van der Waals surface area contributed by atoms with Crippen LogP contribution in [0.15, 0.2) is 47.6 Å². The predicted octanol–water partition coefficient (Wildman–Crippen LogP) is 3.00. The number of ether oxygens (including phenoxy) is 2. The molecule has 30 heavy (non-hydrogen) atoms. The molecule has 0 unspecified atom stereocenters. The molecule has 162 valence electrons. The zero-order chi connectivity index (χ0) is 21.2. The Bertz CT molecular complexity index is 801. The smallest absolute Gasteiger partial charge is 0.191 e. The van der Waals surface area contributed by atoms with E-state index < -0.39 is 0 Å². The van der Waals surface area contributed by atoms with Gasteiger partial charge < -0.3 is 25.0 Å². The van der Waals surface area contributed by atoms with E-state index in [4.69, 9.17) is 9.47 Å². The molecule has 1 aromatic heterocycles. The molecule has 0 bridgehead atoms. The number of rotatable bonds is 8.